The van der Waals surface area contributed by atoms with E-state index in [2.05, 4.69) is 6.92 Å². The largest absolute Gasteiger partial charge is 0.508 e. The Labute approximate surface area is 130 Å². The molecule has 5 heteroatoms. The second kappa shape index (κ2) is 9.07. The van der Waals surface area contributed by atoms with Gasteiger partial charge in [-0.05, 0) is 30.2 Å². The SMILES string of the molecule is CCCCCCCCC(C(=O)O)c1cc(O)ccc1C(=O)O. The highest BCUT2D eigenvalue weighted by Crippen LogP contribution is 2.29. The second-order valence-corrected chi connectivity index (χ2v) is 5.52. The molecule has 1 atom stereocenters. The molecule has 0 saturated heterocycles. The van der Waals surface area contributed by atoms with Crippen LogP contribution in [0.5, 0.6) is 5.75 Å². The first kappa shape index (κ1) is 18.0. The van der Waals surface area contributed by atoms with Crippen molar-refractivity contribution in [2.24, 2.45) is 0 Å². The van der Waals surface area contributed by atoms with Gasteiger partial charge in [0.05, 0.1) is 11.5 Å². The van der Waals surface area contributed by atoms with Gasteiger partial charge in [0.15, 0.2) is 0 Å². The summed E-state index contributed by atoms with van der Waals surface area (Å²) in [7, 11) is 0. The fourth-order valence-corrected chi connectivity index (χ4v) is 2.57. The van der Waals surface area contributed by atoms with E-state index < -0.39 is 17.9 Å². The lowest BCUT2D eigenvalue weighted by Gasteiger charge is -2.15. The number of aromatic hydroxyl groups is 1. The molecule has 1 unspecified atom stereocenters. The van der Waals surface area contributed by atoms with Crippen molar-refractivity contribution >= 4 is 11.9 Å². The molecular weight excluding hydrogens is 284 g/mol. The monoisotopic (exact) mass is 308 g/mol. The summed E-state index contributed by atoms with van der Waals surface area (Å²) in [5.41, 5.74) is 0.116. The van der Waals surface area contributed by atoms with E-state index in [1.165, 1.54) is 24.6 Å². The first-order valence-corrected chi connectivity index (χ1v) is 7.76. The van der Waals surface area contributed by atoms with Crippen molar-refractivity contribution < 1.29 is 24.9 Å². The number of hydrogen-bond donors (Lipinski definition) is 3. The van der Waals surface area contributed by atoms with Gasteiger partial charge < -0.3 is 15.3 Å². The zero-order chi connectivity index (χ0) is 16.5. The van der Waals surface area contributed by atoms with Gasteiger partial charge in [-0.3, -0.25) is 4.79 Å². The second-order valence-electron chi connectivity index (χ2n) is 5.52. The standard InChI is InChI=1S/C17H24O5/c1-2-3-4-5-6-7-8-13(16(19)20)15-11-12(18)9-10-14(15)17(21)22/h9-11,13,18H,2-8H2,1H3,(H,19,20)(H,21,22). The van der Waals surface area contributed by atoms with Crippen LogP contribution in [0.3, 0.4) is 0 Å². The Bertz CT molecular complexity index is 510. The quantitative estimate of drug-likeness (QED) is 0.568. The number of phenols is 1. The molecule has 0 radical (unpaired) electrons. The molecule has 0 aliphatic rings. The van der Waals surface area contributed by atoms with Crippen molar-refractivity contribution in [1.29, 1.82) is 0 Å². The first-order valence-electron chi connectivity index (χ1n) is 7.76. The van der Waals surface area contributed by atoms with Crippen molar-refractivity contribution in [2.45, 2.75) is 57.8 Å². The van der Waals surface area contributed by atoms with Crippen LogP contribution in [-0.4, -0.2) is 27.3 Å². The van der Waals surface area contributed by atoms with Gasteiger partial charge >= 0.3 is 11.9 Å². The molecule has 0 aliphatic carbocycles. The number of carboxylic acids is 2. The Morgan fingerprint density at radius 1 is 1.05 bits per heavy atom. The minimum atomic E-state index is -1.18. The van der Waals surface area contributed by atoms with Crippen LogP contribution in [0, 0.1) is 0 Å². The van der Waals surface area contributed by atoms with Crippen LogP contribution < -0.4 is 0 Å². The summed E-state index contributed by atoms with van der Waals surface area (Å²) in [5, 5.41) is 28.1. The summed E-state index contributed by atoms with van der Waals surface area (Å²) in [6.45, 7) is 2.13. The molecule has 0 aliphatic heterocycles. The number of unbranched alkanes of at least 4 members (excludes halogenated alkanes) is 5. The molecule has 1 aromatic carbocycles. The number of carbonyl (C=O) groups is 2. The molecule has 1 aromatic rings. The van der Waals surface area contributed by atoms with Crippen LogP contribution in [-0.2, 0) is 4.79 Å². The van der Waals surface area contributed by atoms with E-state index in [1.807, 2.05) is 0 Å². The number of hydrogen-bond acceptors (Lipinski definition) is 3. The normalized spacial score (nSPS) is 12.0. The van der Waals surface area contributed by atoms with Gasteiger partial charge in [-0.1, -0.05) is 45.4 Å². The van der Waals surface area contributed by atoms with E-state index in [4.69, 9.17) is 0 Å². The van der Waals surface area contributed by atoms with E-state index in [0.717, 1.165) is 32.1 Å². The van der Waals surface area contributed by atoms with Crippen molar-refractivity contribution in [1.82, 2.24) is 0 Å². The van der Waals surface area contributed by atoms with Crippen LogP contribution in [0.1, 0.15) is 73.7 Å². The van der Waals surface area contributed by atoms with Crippen molar-refractivity contribution in [3.8, 4) is 5.75 Å². The Morgan fingerprint density at radius 2 is 1.68 bits per heavy atom. The molecule has 5 nitrogen and oxygen atoms in total. The highest BCUT2D eigenvalue weighted by atomic mass is 16.4. The number of rotatable bonds is 10. The van der Waals surface area contributed by atoms with Gasteiger partial charge in [0.1, 0.15) is 5.75 Å². The molecule has 3 N–H and O–H groups in total. The Balaban J connectivity index is 2.77. The molecule has 0 saturated carbocycles. The van der Waals surface area contributed by atoms with E-state index in [1.54, 1.807) is 0 Å². The van der Waals surface area contributed by atoms with Crippen molar-refractivity contribution in [2.75, 3.05) is 0 Å². The lowest BCUT2D eigenvalue weighted by atomic mass is 9.89. The maximum absolute atomic E-state index is 11.5. The summed E-state index contributed by atoms with van der Waals surface area (Å²) in [6.07, 6.45) is 6.58. The third-order valence-electron chi connectivity index (χ3n) is 3.79. The molecule has 22 heavy (non-hydrogen) atoms. The van der Waals surface area contributed by atoms with E-state index in [-0.39, 0.29) is 16.9 Å². The summed E-state index contributed by atoms with van der Waals surface area (Å²) < 4.78 is 0. The first-order chi connectivity index (χ1) is 10.5. The van der Waals surface area contributed by atoms with Crippen LogP contribution in [0.4, 0.5) is 0 Å². The fraction of sp³-hybridized carbons (Fsp3) is 0.529. The van der Waals surface area contributed by atoms with Crippen molar-refractivity contribution in [3.05, 3.63) is 29.3 Å². The number of aliphatic carboxylic acids is 1. The summed E-state index contributed by atoms with van der Waals surface area (Å²) in [4.78, 5) is 22.7. The molecule has 0 bridgehead atoms. The minimum absolute atomic E-state index is 0.0591. The van der Waals surface area contributed by atoms with Gasteiger partial charge in [-0.15, -0.1) is 0 Å². The van der Waals surface area contributed by atoms with Gasteiger partial charge in [0, 0.05) is 0 Å². The fourth-order valence-electron chi connectivity index (χ4n) is 2.57. The Morgan fingerprint density at radius 3 is 2.27 bits per heavy atom. The molecular formula is C17H24O5. The van der Waals surface area contributed by atoms with Gasteiger partial charge in [0.2, 0.25) is 0 Å². The van der Waals surface area contributed by atoms with Gasteiger partial charge in [0.25, 0.3) is 0 Å². The topological polar surface area (TPSA) is 94.8 Å². The molecule has 122 valence electrons. The third-order valence-corrected chi connectivity index (χ3v) is 3.79. The molecule has 0 amide bonds. The van der Waals surface area contributed by atoms with Crippen LogP contribution in [0.25, 0.3) is 0 Å². The Hall–Kier alpha value is -2.04. The smallest absolute Gasteiger partial charge is 0.335 e. The molecule has 0 aromatic heterocycles. The van der Waals surface area contributed by atoms with Crippen molar-refractivity contribution in [3.63, 3.8) is 0 Å². The lowest BCUT2D eigenvalue weighted by Crippen LogP contribution is -2.15. The zero-order valence-electron chi connectivity index (χ0n) is 12.9. The average molecular weight is 308 g/mol. The third kappa shape index (κ3) is 5.39. The highest BCUT2D eigenvalue weighted by molar-refractivity contribution is 5.92. The van der Waals surface area contributed by atoms with E-state index in [9.17, 15) is 24.9 Å². The number of benzene rings is 1. The Kier molecular flexibility index (Phi) is 7.43. The maximum Gasteiger partial charge on any atom is 0.335 e. The van der Waals surface area contributed by atoms with E-state index >= 15 is 0 Å². The summed E-state index contributed by atoms with van der Waals surface area (Å²) in [6, 6.07) is 3.76. The molecule has 0 heterocycles. The summed E-state index contributed by atoms with van der Waals surface area (Å²) >= 11 is 0. The molecule has 0 spiro atoms. The number of carboxylic acid groups (broad SMARTS) is 2. The predicted octanol–water partition coefficient (Wildman–Crippen LogP) is 4.01. The van der Waals surface area contributed by atoms with Crippen LogP contribution >= 0.6 is 0 Å². The lowest BCUT2D eigenvalue weighted by molar-refractivity contribution is -0.139. The molecule has 0 fully saturated rings. The average Bonchev–Trinajstić information content (AvgIpc) is 2.45. The zero-order valence-corrected chi connectivity index (χ0v) is 12.9. The van der Waals surface area contributed by atoms with Gasteiger partial charge in [-0.25, -0.2) is 4.79 Å². The predicted molar refractivity (Wildman–Crippen MR) is 83.4 cm³/mol. The maximum atomic E-state index is 11.5. The molecule has 1 rings (SSSR count). The van der Waals surface area contributed by atoms with Crippen LogP contribution in [0.15, 0.2) is 18.2 Å². The summed E-state index contributed by atoms with van der Waals surface area (Å²) in [5.74, 6) is -3.25. The minimum Gasteiger partial charge on any atom is -0.508 e. The van der Waals surface area contributed by atoms with Crippen LogP contribution in [0.2, 0.25) is 0 Å². The van der Waals surface area contributed by atoms with E-state index in [0.29, 0.717) is 6.42 Å². The van der Waals surface area contributed by atoms with Gasteiger partial charge in [-0.2, -0.15) is 0 Å². The number of phenolic OH excluding ortho intramolecular Hbond substituents is 1. The number of aromatic carboxylic acids is 1. The highest BCUT2D eigenvalue weighted by Gasteiger charge is 2.25.